The van der Waals surface area contributed by atoms with Gasteiger partial charge < -0.3 is 20.3 Å². The van der Waals surface area contributed by atoms with Crippen LogP contribution in [0, 0.1) is 0 Å². The summed E-state index contributed by atoms with van der Waals surface area (Å²) in [4.78, 5) is 64.8. The lowest BCUT2D eigenvalue weighted by Crippen LogP contribution is -2.47. The zero-order valence-corrected chi connectivity index (χ0v) is 21.0. The van der Waals surface area contributed by atoms with Gasteiger partial charge in [-0.25, -0.2) is 4.79 Å². The highest BCUT2D eigenvalue weighted by atomic mass is 16.6. The summed E-state index contributed by atoms with van der Waals surface area (Å²) in [6, 6.07) is 4.19. The van der Waals surface area contributed by atoms with E-state index in [4.69, 9.17) is 4.74 Å². The number of piperidine rings is 1. The number of ether oxygens (including phenoxy) is 1. The lowest BCUT2D eigenvalue weighted by atomic mass is 10.0. The number of nitrogens with zero attached hydrogens (tertiary/aromatic N) is 2. The Kier molecular flexibility index (Phi) is 7.82. The van der Waals surface area contributed by atoms with Gasteiger partial charge in [0.15, 0.2) is 0 Å². The zero-order valence-electron chi connectivity index (χ0n) is 21.0. The summed E-state index contributed by atoms with van der Waals surface area (Å²) in [5, 5.41) is 5.55. The molecular formula is C25H34N4O6. The van der Waals surface area contributed by atoms with Crippen LogP contribution in [0.15, 0.2) is 18.2 Å². The van der Waals surface area contributed by atoms with Gasteiger partial charge in [0, 0.05) is 43.7 Å². The number of rotatable bonds is 6. The molecule has 0 atom stereocenters. The highest BCUT2D eigenvalue weighted by Crippen LogP contribution is 2.26. The number of benzene rings is 1. The van der Waals surface area contributed by atoms with E-state index in [0.29, 0.717) is 37.1 Å². The minimum Gasteiger partial charge on any atom is -0.444 e. The summed E-state index contributed by atoms with van der Waals surface area (Å²) in [5.74, 6) is -1.11. The average molecular weight is 487 g/mol. The quantitative estimate of drug-likeness (QED) is 0.595. The van der Waals surface area contributed by atoms with Gasteiger partial charge in [0.05, 0.1) is 11.1 Å². The minimum atomic E-state index is -0.596. The van der Waals surface area contributed by atoms with E-state index in [0.717, 1.165) is 0 Å². The van der Waals surface area contributed by atoms with Crippen molar-refractivity contribution >= 4 is 29.7 Å². The number of carbonyl (C=O) groups is 5. The number of hydrogen-bond donors (Lipinski definition) is 2. The molecule has 35 heavy (non-hydrogen) atoms. The minimum absolute atomic E-state index is 0.0673. The Morgan fingerprint density at radius 2 is 1.69 bits per heavy atom. The number of nitrogens with one attached hydrogen (secondary N) is 2. The summed E-state index contributed by atoms with van der Waals surface area (Å²) < 4.78 is 5.15. The van der Waals surface area contributed by atoms with Crippen molar-refractivity contribution in [2.24, 2.45) is 0 Å². The molecule has 0 saturated carbocycles. The maximum Gasteiger partial charge on any atom is 0.407 e. The molecule has 2 N–H and O–H groups in total. The number of hydrogen-bond acceptors (Lipinski definition) is 6. The van der Waals surface area contributed by atoms with E-state index >= 15 is 0 Å². The fraction of sp³-hybridized carbons (Fsp3) is 0.560. The van der Waals surface area contributed by atoms with E-state index in [1.165, 1.54) is 17.0 Å². The predicted octanol–water partition coefficient (Wildman–Crippen LogP) is 2.33. The van der Waals surface area contributed by atoms with E-state index in [1.54, 1.807) is 45.6 Å². The van der Waals surface area contributed by atoms with Gasteiger partial charge in [-0.15, -0.1) is 0 Å². The summed E-state index contributed by atoms with van der Waals surface area (Å²) in [6.45, 7) is 10.0. The smallest absolute Gasteiger partial charge is 0.407 e. The van der Waals surface area contributed by atoms with Crippen molar-refractivity contribution < 1.29 is 28.7 Å². The van der Waals surface area contributed by atoms with Crippen LogP contribution in [-0.2, 0) is 9.53 Å². The second-order valence-corrected chi connectivity index (χ2v) is 10.1. The van der Waals surface area contributed by atoms with Crippen LogP contribution in [0.5, 0.6) is 0 Å². The van der Waals surface area contributed by atoms with Gasteiger partial charge >= 0.3 is 6.09 Å². The molecule has 0 aliphatic carbocycles. The second kappa shape index (κ2) is 10.5. The third-order valence-corrected chi connectivity index (χ3v) is 5.89. The highest BCUT2D eigenvalue weighted by Gasteiger charge is 2.37. The van der Waals surface area contributed by atoms with Crippen LogP contribution in [-0.4, -0.2) is 76.8 Å². The van der Waals surface area contributed by atoms with Gasteiger partial charge in [-0.1, -0.05) is 0 Å². The van der Waals surface area contributed by atoms with Crippen LogP contribution in [0.4, 0.5) is 4.79 Å². The van der Waals surface area contributed by atoms with Crippen molar-refractivity contribution in [1.29, 1.82) is 0 Å². The van der Waals surface area contributed by atoms with Crippen molar-refractivity contribution in [1.82, 2.24) is 20.4 Å². The SMILES string of the molecule is CC(C)N1C(=O)c2ccc(C(=O)NC3CCN(C(=O)CCNC(=O)OC(C)(C)C)CC3)cc2C1=O. The third kappa shape index (κ3) is 6.37. The first kappa shape index (κ1) is 26.2. The van der Waals surface area contributed by atoms with Crippen molar-refractivity contribution in [3.63, 3.8) is 0 Å². The molecule has 0 aromatic heterocycles. The fourth-order valence-corrected chi connectivity index (χ4v) is 4.16. The zero-order chi connectivity index (χ0) is 25.9. The van der Waals surface area contributed by atoms with E-state index in [1.807, 2.05) is 0 Å². The Morgan fingerprint density at radius 1 is 1.06 bits per heavy atom. The maximum atomic E-state index is 12.8. The van der Waals surface area contributed by atoms with Gasteiger partial charge in [-0.2, -0.15) is 0 Å². The van der Waals surface area contributed by atoms with Gasteiger partial charge in [0.25, 0.3) is 17.7 Å². The van der Waals surface area contributed by atoms with Crippen LogP contribution in [0.2, 0.25) is 0 Å². The van der Waals surface area contributed by atoms with Crippen LogP contribution in [0.1, 0.15) is 85.0 Å². The summed E-state index contributed by atoms with van der Waals surface area (Å²) in [7, 11) is 0. The largest absolute Gasteiger partial charge is 0.444 e. The molecule has 1 saturated heterocycles. The van der Waals surface area contributed by atoms with Crippen molar-refractivity contribution in [2.75, 3.05) is 19.6 Å². The van der Waals surface area contributed by atoms with E-state index in [9.17, 15) is 24.0 Å². The second-order valence-electron chi connectivity index (χ2n) is 10.1. The van der Waals surface area contributed by atoms with Crippen molar-refractivity contribution in [2.45, 2.75) is 71.6 Å². The van der Waals surface area contributed by atoms with E-state index < -0.39 is 11.7 Å². The van der Waals surface area contributed by atoms with Gasteiger partial charge in [-0.05, 0) is 65.7 Å². The molecular weight excluding hydrogens is 452 g/mol. The molecule has 0 bridgehead atoms. The number of amides is 5. The monoisotopic (exact) mass is 486 g/mol. The molecule has 3 rings (SSSR count). The molecule has 2 aliphatic heterocycles. The third-order valence-electron chi connectivity index (χ3n) is 5.89. The maximum absolute atomic E-state index is 12.8. The van der Waals surface area contributed by atoms with Gasteiger partial charge in [0.2, 0.25) is 5.91 Å². The molecule has 10 nitrogen and oxygen atoms in total. The van der Waals surface area contributed by atoms with Gasteiger partial charge in [-0.3, -0.25) is 24.1 Å². The number of fused-ring (bicyclic) bond motifs is 1. The van der Waals surface area contributed by atoms with Gasteiger partial charge in [0.1, 0.15) is 5.60 Å². The molecule has 5 amide bonds. The van der Waals surface area contributed by atoms with E-state index in [-0.39, 0.29) is 54.2 Å². The van der Waals surface area contributed by atoms with Crippen LogP contribution in [0.3, 0.4) is 0 Å². The number of carbonyl (C=O) groups excluding carboxylic acids is 5. The molecule has 0 spiro atoms. The first-order chi connectivity index (χ1) is 16.4. The topological polar surface area (TPSA) is 125 Å². The molecule has 1 aromatic carbocycles. The number of imide groups is 1. The average Bonchev–Trinajstić information content (AvgIpc) is 3.02. The number of likely N-dealkylation sites (tertiary alicyclic amines) is 1. The van der Waals surface area contributed by atoms with Crippen molar-refractivity contribution in [3.05, 3.63) is 34.9 Å². The molecule has 190 valence electrons. The molecule has 1 aromatic rings. The first-order valence-electron chi connectivity index (χ1n) is 11.9. The van der Waals surface area contributed by atoms with Crippen LogP contribution >= 0.6 is 0 Å². The summed E-state index contributed by atoms with van der Waals surface area (Å²) >= 11 is 0. The van der Waals surface area contributed by atoms with E-state index in [2.05, 4.69) is 10.6 Å². The Balaban J connectivity index is 1.46. The molecule has 2 heterocycles. The molecule has 0 radical (unpaired) electrons. The Morgan fingerprint density at radius 3 is 2.29 bits per heavy atom. The van der Waals surface area contributed by atoms with Crippen LogP contribution < -0.4 is 10.6 Å². The Bertz CT molecular complexity index is 1020. The fourth-order valence-electron chi connectivity index (χ4n) is 4.16. The normalized spacial score (nSPS) is 16.4. The van der Waals surface area contributed by atoms with Crippen LogP contribution in [0.25, 0.3) is 0 Å². The predicted molar refractivity (Wildman–Crippen MR) is 128 cm³/mol. The highest BCUT2D eigenvalue weighted by molar-refractivity contribution is 6.22. The standard InChI is InChI=1S/C25H34N4O6/c1-15(2)29-22(32)18-7-6-16(14-19(18)23(29)33)21(31)27-17-9-12-28(13-10-17)20(30)8-11-26-24(34)35-25(3,4)5/h6-7,14-15,17H,8-13H2,1-5H3,(H,26,34)(H,27,31). The molecule has 1 fully saturated rings. The lowest BCUT2D eigenvalue weighted by molar-refractivity contribution is -0.132. The Labute approximate surface area is 205 Å². The first-order valence-corrected chi connectivity index (χ1v) is 11.9. The number of alkyl carbamates (subject to hydrolysis) is 1. The molecule has 2 aliphatic rings. The lowest BCUT2D eigenvalue weighted by Gasteiger charge is -2.32. The summed E-state index contributed by atoms with van der Waals surface area (Å²) in [5.41, 5.74) is 0.286. The van der Waals surface area contributed by atoms with Crippen molar-refractivity contribution in [3.8, 4) is 0 Å². The molecule has 0 unspecified atom stereocenters. The summed E-state index contributed by atoms with van der Waals surface area (Å²) in [6.07, 6.45) is 0.813. The Hall–Kier alpha value is -3.43. The molecule has 10 heteroatoms.